The van der Waals surface area contributed by atoms with Crippen LogP contribution in [-0.4, -0.2) is 28.9 Å². The highest BCUT2D eigenvalue weighted by Gasteiger charge is 2.14. The third-order valence-corrected chi connectivity index (χ3v) is 5.50. The van der Waals surface area contributed by atoms with Crippen LogP contribution < -0.4 is 15.5 Å². The molecule has 0 aliphatic rings. The molecule has 0 atom stereocenters. The van der Waals surface area contributed by atoms with Gasteiger partial charge in [0.05, 0.1) is 23.0 Å². The molecule has 0 saturated heterocycles. The summed E-state index contributed by atoms with van der Waals surface area (Å²) >= 11 is 3.33. The van der Waals surface area contributed by atoms with Gasteiger partial charge in [-0.15, -0.1) is 0 Å². The predicted molar refractivity (Wildman–Crippen MR) is 140 cm³/mol. The van der Waals surface area contributed by atoms with Crippen LogP contribution in [0.4, 0.5) is 11.4 Å². The van der Waals surface area contributed by atoms with Crippen LogP contribution in [0.5, 0.6) is 5.75 Å². The highest BCUT2D eigenvalue weighted by Crippen LogP contribution is 2.23. The lowest BCUT2D eigenvalue weighted by Gasteiger charge is -2.08. The summed E-state index contributed by atoms with van der Waals surface area (Å²) in [6.45, 7) is 0. The summed E-state index contributed by atoms with van der Waals surface area (Å²) in [5, 5.41) is 17.4. The molecule has 12 heteroatoms. The number of carbonyl (C=O) groups excluding carboxylic acids is 3. The van der Waals surface area contributed by atoms with E-state index in [-0.39, 0.29) is 28.3 Å². The lowest BCUT2D eigenvalue weighted by molar-refractivity contribution is -0.384. The molecule has 38 heavy (non-hydrogen) atoms. The van der Waals surface area contributed by atoms with Crippen molar-refractivity contribution in [2.24, 2.45) is 5.10 Å². The number of esters is 1. The van der Waals surface area contributed by atoms with Crippen LogP contribution in [0.25, 0.3) is 0 Å². The Balaban J connectivity index is 1.39. The normalized spacial score (nSPS) is 10.7. The molecule has 0 spiro atoms. The number of nitrogens with one attached hydrogen (secondary N) is 2. The zero-order valence-corrected chi connectivity index (χ0v) is 20.9. The number of furan rings is 1. The molecule has 1 heterocycles. The smallest absolute Gasteiger partial charge is 0.343 e. The Morgan fingerprint density at radius 1 is 0.947 bits per heavy atom. The van der Waals surface area contributed by atoms with Crippen molar-refractivity contribution < 1.29 is 28.5 Å². The molecule has 4 aromatic rings. The van der Waals surface area contributed by atoms with Gasteiger partial charge in [0, 0.05) is 33.4 Å². The van der Waals surface area contributed by atoms with Gasteiger partial charge in [-0.2, -0.15) is 5.10 Å². The molecule has 0 fully saturated rings. The zero-order chi connectivity index (χ0) is 27.1. The van der Waals surface area contributed by atoms with E-state index in [1.54, 1.807) is 30.3 Å². The van der Waals surface area contributed by atoms with Gasteiger partial charge in [0.25, 0.3) is 17.5 Å². The Kier molecular flexibility index (Phi) is 8.04. The fourth-order valence-corrected chi connectivity index (χ4v) is 3.50. The molecule has 2 N–H and O–H groups in total. The number of nitro groups is 1. The molecular formula is C26H17BrN4O7. The minimum absolute atomic E-state index is 0.124. The summed E-state index contributed by atoms with van der Waals surface area (Å²) in [5.41, 5.74) is 3.50. The minimum Gasteiger partial charge on any atom is -0.459 e. The number of benzene rings is 3. The fraction of sp³-hybridized carbons (Fsp3) is 0. The van der Waals surface area contributed by atoms with Crippen molar-refractivity contribution in [3.63, 3.8) is 0 Å². The maximum Gasteiger partial charge on any atom is 0.343 e. The first-order chi connectivity index (χ1) is 18.3. The van der Waals surface area contributed by atoms with Gasteiger partial charge in [-0.1, -0.05) is 15.9 Å². The predicted octanol–water partition coefficient (Wildman–Crippen LogP) is 5.19. The van der Waals surface area contributed by atoms with Gasteiger partial charge in [0.15, 0.2) is 5.76 Å². The Bertz CT molecular complexity index is 1520. The second kappa shape index (κ2) is 11.8. The minimum atomic E-state index is -0.722. The molecule has 3 aromatic carbocycles. The molecule has 0 unspecified atom stereocenters. The summed E-state index contributed by atoms with van der Waals surface area (Å²) in [6, 6.07) is 19.1. The molecule has 2 amide bonds. The van der Waals surface area contributed by atoms with Crippen LogP contribution in [-0.2, 0) is 0 Å². The van der Waals surface area contributed by atoms with E-state index in [9.17, 15) is 24.5 Å². The van der Waals surface area contributed by atoms with Gasteiger partial charge in [-0.05, 0) is 66.7 Å². The second-order valence-electron chi connectivity index (χ2n) is 7.58. The summed E-state index contributed by atoms with van der Waals surface area (Å²) in [6.07, 6.45) is 2.70. The van der Waals surface area contributed by atoms with Crippen molar-refractivity contribution in [2.45, 2.75) is 0 Å². The average Bonchev–Trinajstić information content (AvgIpc) is 3.46. The fourth-order valence-electron chi connectivity index (χ4n) is 3.12. The van der Waals surface area contributed by atoms with Crippen molar-refractivity contribution >= 4 is 51.3 Å². The lowest BCUT2D eigenvalue weighted by atomic mass is 10.2. The summed E-state index contributed by atoms with van der Waals surface area (Å²) in [4.78, 5) is 47.3. The van der Waals surface area contributed by atoms with Gasteiger partial charge in [-0.25, -0.2) is 10.2 Å². The number of anilines is 1. The number of nitrogens with zero attached hydrogens (tertiary/aromatic N) is 2. The molecule has 11 nitrogen and oxygen atoms in total. The number of amides is 2. The number of rotatable bonds is 8. The third-order valence-electron chi connectivity index (χ3n) is 5.01. The molecule has 1 aromatic heterocycles. The van der Waals surface area contributed by atoms with Crippen LogP contribution in [0, 0.1) is 10.1 Å². The van der Waals surface area contributed by atoms with E-state index in [1.165, 1.54) is 61.0 Å². The maximum absolute atomic E-state index is 12.5. The summed E-state index contributed by atoms with van der Waals surface area (Å²) in [7, 11) is 0. The standard InChI is InChI=1S/C26H17BrN4O7/c27-19-7-12-22(38-26(34)17-5-10-21(11-6-17)31(35)36)18(14-19)15-28-30-24(32)16-3-8-20(9-4-16)29-25(33)23-2-1-13-37-23/h1-15H,(H,29,33)(H,30,32)/b28-15-. The van der Waals surface area contributed by atoms with Gasteiger partial charge in [0.1, 0.15) is 5.75 Å². The number of ether oxygens (including phenoxy) is 1. The van der Waals surface area contributed by atoms with Crippen molar-refractivity contribution in [3.8, 4) is 5.75 Å². The van der Waals surface area contributed by atoms with Crippen molar-refractivity contribution in [1.82, 2.24) is 5.43 Å². The lowest BCUT2D eigenvalue weighted by Crippen LogP contribution is -2.18. The number of carbonyl (C=O) groups is 3. The van der Waals surface area contributed by atoms with E-state index in [1.807, 2.05) is 0 Å². The average molecular weight is 577 g/mol. The van der Waals surface area contributed by atoms with E-state index in [0.29, 0.717) is 15.7 Å². The molecule has 0 saturated carbocycles. The molecule has 0 bridgehead atoms. The van der Waals surface area contributed by atoms with Crippen molar-refractivity contribution in [3.05, 3.63) is 122 Å². The second-order valence-corrected chi connectivity index (χ2v) is 8.50. The van der Waals surface area contributed by atoms with Crippen LogP contribution >= 0.6 is 15.9 Å². The molecular weight excluding hydrogens is 560 g/mol. The first kappa shape index (κ1) is 26.0. The van der Waals surface area contributed by atoms with E-state index in [0.717, 1.165) is 0 Å². The zero-order valence-electron chi connectivity index (χ0n) is 19.3. The number of nitro benzene ring substituents is 1. The molecule has 0 aliphatic carbocycles. The first-order valence-electron chi connectivity index (χ1n) is 10.8. The van der Waals surface area contributed by atoms with Gasteiger partial charge in [0.2, 0.25) is 0 Å². The SMILES string of the molecule is O=C(N/N=C\c1cc(Br)ccc1OC(=O)c1ccc([N+](=O)[O-])cc1)c1ccc(NC(=O)c2ccco2)cc1. The molecule has 4 rings (SSSR count). The van der Waals surface area contributed by atoms with Gasteiger partial charge >= 0.3 is 5.97 Å². The van der Waals surface area contributed by atoms with Crippen molar-refractivity contribution in [1.29, 1.82) is 0 Å². The highest BCUT2D eigenvalue weighted by molar-refractivity contribution is 9.10. The Morgan fingerprint density at radius 3 is 2.32 bits per heavy atom. The van der Waals surface area contributed by atoms with Crippen LogP contribution in [0.1, 0.15) is 36.8 Å². The molecule has 190 valence electrons. The number of hydrogen-bond acceptors (Lipinski definition) is 8. The van der Waals surface area contributed by atoms with Crippen LogP contribution in [0.3, 0.4) is 0 Å². The molecule has 0 radical (unpaired) electrons. The van der Waals surface area contributed by atoms with E-state index >= 15 is 0 Å². The number of hydrazone groups is 1. The Hall–Kier alpha value is -5.10. The highest BCUT2D eigenvalue weighted by atomic mass is 79.9. The van der Waals surface area contributed by atoms with Gasteiger partial charge < -0.3 is 14.5 Å². The van der Waals surface area contributed by atoms with Crippen LogP contribution in [0.15, 0.2) is 99.1 Å². The maximum atomic E-state index is 12.5. The van der Waals surface area contributed by atoms with Crippen LogP contribution in [0.2, 0.25) is 0 Å². The third kappa shape index (κ3) is 6.56. The molecule has 0 aliphatic heterocycles. The quantitative estimate of drug-likeness (QED) is 0.0961. The summed E-state index contributed by atoms with van der Waals surface area (Å²) in [5.74, 6) is -1.33. The number of non-ortho nitro benzene ring substituents is 1. The first-order valence-corrected chi connectivity index (χ1v) is 11.6. The monoisotopic (exact) mass is 576 g/mol. The Labute approximate surface area is 223 Å². The van der Waals surface area contributed by atoms with E-state index in [4.69, 9.17) is 9.15 Å². The topological polar surface area (TPSA) is 153 Å². The van der Waals surface area contributed by atoms with E-state index in [2.05, 4.69) is 31.8 Å². The largest absolute Gasteiger partial charge is 0.459 e. The number of halogens is 1. The number of hydrogen-bond donors (Lipinski definition) is 2. The summed E-state index contributed by atoms with van der Waals surface area (Å²) < 4.78 is 11.1. The van der Waals surface area contributed by atoms with Crippen molar-refractivity contribution in [2.75, 3.05) is 5.32 Å². The Morgan fingerprint density at radius 2 is 1.66 bits per heavy atom. The van der Waals surface area contributed by atoms with Gasteiger partial charge in [-0.3, -0.25) is 19.7 Å². The van der Waals surface area contributed by atoms with E-state index < -0.39 is 22.7 Å².